The summed E-state index contributed by atoms with van der Waals surface area (Å²) >= 11 is 0. The Morgan fingerprint density at radius 1 is 1.20 bits per heavy atom. The first-order valence-electron chi connectivity index (χ1n) is 9.00. The molecule has 0 unspecified atom stereocenters. The second-order valence-corrected chi connectivity index (χ2v) is 6.00. The molecule has 1 aliphatic carbocycles. The molecule has 0 saturated heterocycles. The standard InChI is InChI=1S/C20H28O5/c1-3-23-20(21)12-10-16-9-11-18(24-14-13-22-2)15-19(16)25-17-7-5-4-6-8-17/h9-12,15,17H,3-8,13-14H2,1-2H3/b12-10+. The topological polar surface area (TPSA) is 54.0 Å². The van der Waals surface area contributed by atoms with Crippen molar-refractivity contribution in [1.82, 2.24) is 0 Å². The number of hydrogen-bond donors (Lipinski definition) is 0. The van der Waals surface area contributed by atoms with Crippen LogP contribution in [0.15, 0.2) is 24.3 Å². The van der Waals surface area contributed by atoms with Gasteiger partial charge in [0.1, 0.15) is 18.1 Å². The molecule has 25 heavy (non-hydrogen) atoms. The summed E-state index contributed by atoms with van der Waals surface area (Å²) in [6.07, 6.45) is 9.18. The van der Waals surface area contributed by atoms with Crippen molar-refractivity contribution in [3.05, 3.63) is 29.8 Å². The predicted octanol–water partition coefficient (Wildman–Crippen LogP) is 4.00. The zero-order valence-electron chi connectivity index (χ0n) is 15.2. The van der Waals surface area contributed by atoms with Gasteiger partial charge in [0.2, 0.25) is 0 Å². The molecule has 0 aromatic heterocycles. The number of carbonyl (C=O) groups excluding carboxylic acids is 1. The van der Waals surface area contributed by atoms with E-state index in [1.54, 1.807) is 20.1 Å². The molecule has 0 atom stereocenters. The third-order valence-electron chi connectivity index (χ3n) is 4.07. The summed E-state index contributed by atoms with van der Waals surface area (Å²) in [5.41, 5.74) is 0.845. The van der Waals surface area contributed by atoms with E-state index >= 15 is 0 Å². The lowest BCUT2D eigenvalue weighted by Crippen LogP contribution is -2.20. The van der Waals surface area contributed by atoms with Crippen molar-refractivity contribution in [2.45, 2.75) is 45.1 Å². The lowest BCUT2D eigenvalue weighted by Gasteiger charge is -2.24. The SMILES string of the molecule is CCOC(=O)/C=C/c1ccc(OCCOC)cc1OC1CCCCC1. The summed E-state index contributed by atoms with van der Waals surface area (Å²) < 4.78 is 21.8. The highest BCUT2D eigenvalue weighted by molar-refractivity contribution is 5.87. The molecular formula is C20H28O5. The molecule has 0 bridgehead atoms. The molecule has 0 amide bonds. The number of carbonyl (C=O) groups is 1. The molecule has 0 aliphatic heterocycles. The van der Waals surface area contributed by atoms with Crippen molar-refractivity contribution in [3.63, 3.8) is 0 Å². The zero-order valence-corrected chi connectivity index (χ0v) is 15.2. The molecule has 1 saturated carbocycles. The van der Waals surface area contributed by atoms with E-state index in [0.717, 1.165) is 29.9 Å². The lowest BCUT2D eigenvalue weighted by molar-refractivity contribution is -0.137. The molecule has 0 heterocycles. The van der Waals surface area contributed by atoms with Gasteiger partial charge in [-0.25, -0.2) is 4.79 Å². The molecule has 138 valence electrons. The number of ether oxygens (including phenoxy) is 4. The van der Waals surface area contributed by atoms with Crippen LogP contribution in [0.1, 0.15) is 44.6 Å². The molecule has 1 aromatic carbocycles. The number of benzene rings is 1. The van der Waals surface area contributed by atoms with E-state index in [2.05, 4.69) is 0 Å². The summed E-state index contributed by atoms with van der Waals surface area (Å²) in [5, 5.41) is 0. The van der Waals surface area contributed by atoms with Crippen molar-refractivity contribution < 1.29 is 23.7 Å². The van der Waals surface area contributed by atoms with E-state index in [1.807, 2.05) is 18.2 Å². The Kier molecular flexibility index (Phi) is 8.32. The van der Waals surface area contributed by atoms with Crippen molar-refractivity contribution >= 4 is 12.0 Å². The maximum Gasteiger partial charge on any atom is 0.330 e. The summed E-state index contributed by atoms with van der Waals surface area (Å²) in [7, 11) is 1.64. The average molecular weight is 348 g/mol. The maximum atomic E-state index is 11.6. The molecule has 1 aromatic rings. The van der Waals surface area contributed by atoms with Crippen LogP contribution in [0.2, 0.25) is 0 Å². The Morgan fingerprint density at radius 2 is 2.00 bits per heavy atom. The summed E-state index contributed by atoms with van der Waals surface area (Å²) in [6.45, 7) is 3.16. The fourth-order valence-electron chi connectivity index (χ4n) is 2.80. The summed E-state index contributed by atoms with van der Waals surface area (Å²) in [4.78, 5) is 11.6. The van der Waals surface area contributed by atoms with E-state index in [-0.39, 0.29) is 12.1 Å². The minimum absolute atomic E-state index is 0.220. The van der Waals surface area contributed by atoms with Crippen LogP contribution < -0.4 is 9.47 Å². The van der Waals surface area contributed by atoms with E-state index in [0.29, 0.717) is 19.8 Å². The molecule has 1 aliphatic rings. The quantitative estimate of drug-likeness (QED) is 0.383. The van der Waals surface area contributed by atoms with Gasteiger partial charge < -0.3 is 18.9 Å². The normalized spacial score (nSPS) is 15.3. The monoisotopic (exact) mass is 348 g/mol. The fraction of sp³-hybridized carbons (Fsp3) is 0.550. The minimum atomic E-state index is -0.355. The second kappa shape index (κ2) is 10.8. The molecule has 5 heteroatoms. The smallest absolute Gasteiger partial charge is 0.330 e. The predicted molar refractivity (Wildman–Crippen MR) is 97.0 cm³/mol. The number of methoxy groups -OCH3 is 1. The van der Waals surface area contributed by atoms with Crippen LogP contribution in [0.25, 0.3) is 6.08 Å². The molecular weight excluding hydrogens is 320 g/mol. The Labute approximate surface area is 149 Å². The fourth-order valence-corrected chi connectivity index (χ4v) is 2.80. The highest BCUT2D eigenvalue weighted by Gasteiger charge is 2.16. The van der Waals surface area contributed by atoms with E-state index in [9.17, 15) is 4.79 Å². The van der Waals surface area contributed by atoms with Gasteiger partial charge in [-0.15, -0.1) is 0 Å². The molecule has 5 nitrogen and oxygen atoms in total. The van der Waals surface area contributed by atoms with Crippen LogP contribution in [-0.2, 0) is 14.3 Å². The largest absolute Gasteiger partial charge is 0.491 e. The van der Waals surface area contributed by atoms with Gasteiger partial charge in [0.05, 0.1) is 19.3 Å². The van der Waals surface area contributed by atoms with Crippen LogP contribution in [0.5, 0.6) is 11.5 Å². The first-order chi connectivity index (χ1) is 12.2. The third-order valence-corrected chi connectivity index (χ3v) is 4.07. The Morgan fingerprint density at radius 3 is 2.72 bits per heavy atom. The van der Waals surface area contributed by atoms with Crippen LogP contribution in [0.3, 0.4) is 0 Å². The van der Waals surface area contributed by atoms with Gasteiger partial charge >= 0.3 is 5.97 Å². The lowest BCUT2D eigenvalue weighted by atomic mass is 9.97. The second-order valence-electron chi connectivity index (χ2n) is 6.00. The first-order valence-corrected chi connectivity index (χ1v) is 9.00. The maximum absolute atomic E-state index is 11.6. The van der Waals surface area contributed by atoms with E-state index in [4.69, 9.17) is 18.9 Å². The van der Waals surface area contributed by atoms with Crippen molar-refractivity contribution in [1.29, 1.82) is 0 Å². The van der Waals surface area contributed by atoms with Crippen LogP contribution in [0, 0.1) is 0 Å². The molecule has 0 N–H and O–H groups in total. The Balaban J connectivity index is 2.12. The van der Waals surface area contributed by atoms with Crippen molar-refractivity contribution in [3.8, 4) is 11.5 Å². The number of rotatable bonds is 9. The molecule has 0 spiro atoms. The van der Waals surface area contributed by atoms with Gasteiger partial charge in [0.25, 0.3) is 0 Å². The summed E-state index contributed by atoms with van der Waals surface area (Å²) in [6, 6.07) is 5.65. The van der Waals surface area contributed by atoms with Crippen LogP contribution in [-0.4, -0.2) is 39.0 Å². The van der Waals surface area contributed by atoms with Gasteiger partial charge in [0, 0.05) is 24.8 Å². The van der Waals surface area contributed by atoms with Gasteiger partial charge in [-0.3, -0.25) is 0 Å². The first kappa shape index (κ1) is 19.3. The highest BCUT2D eigenvalue weighted by atomic mass is 16.5. The van der Waals surface area contributed by atoms with Crippen LogP contribution in [0.4, 0.5) is 0 Å². The molecule has 1 fully saturated rings. The van der Waals surface area contributed by atoms with Gasteiger partial charge in [-0.1, -0.05) is 6.42 Å². The van der Waals surface area contributed by atoms with Crippen LogP contribution >= 0.6 is 0 Å². The third kappa shape index (κ3) is 6.78. The van der Waals surface area contributed by atoms with E-state index < -0.39 is 0 Å². The Hall–Kier alpha value is -2.01. The average Bonchev–Trinajstić information content (AvgIpc) is 2.62. The van der Waals surface area contributed by atoms with Gasteiger partial charge in [0.15, 0.2) is 0 Å². The number of esters is 1. The molecule has 0 radical (unpaired) electrons. The summed E-state index contributed by atoms with van der Waals surface area (Å²) in [5.74, 6) is 1.12. The van der Waals surface area contributed by atoms with Gasteiger partial charge in [-0.2, -0.15) is 0 Å². The number of hydrogen-bond acceptors (Lipinski definition) is 5. The van der Waals surface area contributed by atoms with Crippen molar-refractivity contribution in [2.24, 2.45) is 0 Å². The Bertz CT molecular complexity index is 561. The minimum Gasteiger partial charge on any atom is -0.491 e. The molecule has 2 rings (SSSR count). The zero-order chi connectivity index (χ0) is 17.9. The van der Waals surface area contributed by atoms with E-state index in [1.165, 1.54) is 25.3 Å². The van der Waals surface area contributed by atoms with Crippen molar-refractivity contribution in [2.75, 3.05) is 26.9 Å². The van der Waals surface area contributed by atoms with Gasteiger partial charge in [-0.05, 0) is 50.8 Å². The highest BCUT2D eigenvalue weighted by Crippen LogP contribution is 2.30.